The van der Waals surface area contributed by atoms with E-state index >= 15 is 0 Å². The van der Waals surface area contributed by atoms with Gasteiger partial charge >= 0.3 is 0 Å². The Morgan fingerprint density at radius 2 is 2.16 bits per heavy atom. The lowest BCUT2D eigenvalue weighted by Gasteiger charge is -2.32. The Bertz CT molecular complexity index is 813. The zero-order valence-electron chi connectivity index (χ0n) is 14.1. The maximum absolute atomic E-state index is 12.3. The Hall–Kier alpha value is -1.93. The lowest BCUT2D eigenvalue weighted by atomic mass is 9.94. The number of sulfonamides is 1. The molecule has 3 rings (SSSR count). The van der Waals surface area contributed by atoms with Crippen LogP contribution >= 0.6 is 0 Å². The molecule has 0 bridgehead atoms. The molecule has 136 valence electrons. The number of piperidine rings is 1. The van der Waals surface area contributed by atoms with E-state index in [1.165, 1.54) is 0 Å². The minimum Gasteiger partial charge on any atom is -0.342 e. The second-order valence-corrected chi connectivity index (χ2v) is 8.46. The van der Waals surface area contributed by atoms with Gasteiger partial charge in [0.25, 0.3) is 0 Å². The summed E-state index contributed by atoms with van der Waals surface area (Å²) >= 11 is 0. The SMILES string of the molecule is NS(=O)(=O)CCCC(=O)N1CCC[C@H](Cc2nc3ccccc3[nH]2)C1. The van der Waals surface area contributed by atoms with Gasteiger partial charge in [0, 0.05) is 25.9 Å². The first-order valence-corrected chi connectivity index (χ1v) is 10.3. The summed E-state index contributed by atoms with van der Waals surface area (Å²) in [5.41, 5.74) is 1.99. The number of aromatic amines is 1. The third-order valence-corrected chi connectivity index (χ3v) is 5.47. The van der Waals surface area contributed by atoms with Gasteiger partial charge in [-0.25, -0.2) is 18.5 Å². The van der Waals surface area contributed by atoms with Crippen LogP contribution in [0.4, 0.5) is 0 Å². The molecule has 1 saturated heterocycles. The summed E-state index contributed by atoms with van der Waals surface area (Å²) in [5.74, 6) is 1.19. The van der Waals surface area contributed by atoms with Crippen molar-refractivity contribution in [1.82, 2.24) is 14.9 Å². The number of nitrogens with zero attached hydrogens (tertiary/aromatic N) is 2. The highest BCUT2D eigenvalue weighted by atomic mass is 32.2. The zero-order valence-corrected chi connectivity index (χ0v) is 15.0. The Balaban J connectivity index is 1.54. The molecule has 1 aromatic carbocycles. The molecule has 1 aromatic heterocycles. The van der Waals surface area contributed by atoms with Gasteiger partial charge in [-0.2, -0.15) is 0 Å². The summed E-state index contributed by atoms with van der Waals surface area (Å²) in [5, 5.41) is 4.98. The number of nitrogens with one attached hydrogen (secondary N) is 1. The molecule has 1 aliphatic heterocycles. The first-order valence-electron chi connectivity index (χ1n) is 8.62. The summed E-state index contributed by atoms with van der Waals surface area (Å²) in [4.78, 5) is 22.1. The highest BCUT2D eigenvalue weighted by molar-refractivity contribution is 7.89. The van der Waals surface area contributed by atoms with Crippen molar-refractivity contribution in [1.29, 1.82) is 0 Å². The minimum atomic E-state index is -3.50. The molecule has 1 atom stereocenters. The zero-order chi connectivity index (χ0) is 17.9. The van der Waals surface area contributed by atoms with E-state index in [1.807, 2.05) is 29.2 Å². The van der Waals surface area contributed by atoms with Crippen molar-refractivity contribution in [3.05, 3.63) is 30.1 Å². The number of primary sulfonamides is 1. The van der Waals surface area contributed by atoms with E-state index in [9.17, 15) is 13.2 Å². The van der Waals surface area contributed by atoms with Gasteiger partial charge in [0.05, 0.1) is 16.8 Å². The molecular formula is C17H24N4O3S. The van der Waals surface area contributed by atoms with Crippen molar-refractivity contribution < 1.29 is 13.2 Å². The molecule has 1 fully saturated rings. The first-order chi connectivity index (χ1) is 11.9. The minimum absolute atomic E-state index is 0.0120. The maximum Gasteiger partial charge on any atom is 0.222 e. The third kappa shape index (κ3) is 5.02. The Morgan fingerprint density at radius 1 is 1.36 bits per heavy atom. The fourth-order valence-electron chi connectivity index (χ4n) is 3.42. The first kappa shape index (κ1) is 17.9. The molecule has 0 unspecified atom stereocenters. The maximum atomic E-state index is 12.3. The monoisotopic (exact) mass is 364 g/mol. The lowest BCUT2D eigenvalue weighted by Crippen LogP contribution is -2.40. The van der Waals surface area contributed by atoms with Gasteiger partial charge in [0.2, 0.25) is 15.9 Å². The number of benzene rings is 1. The van der Waals surface area contributed by atoms with Crippen LogP contribution in [0.1, 0.15) is 31.5 Å². The number of H-pyrrole nitrogens is 1. The molecule has 1 amide bonds. The van der Waals surface area contributed by atoms with E-state index in [1.54, 1.807) is 0 Å². The number of hydrogen-bond donors (Lipinski definition) is 2. The fraction of sp³-hybridized carbons (Fsp3) is 0.529. The largest absolute Gasteiger partial charge is 0.342 e. The average Bonchev–Trinajstić information content (AvgIpc) is 2.96. The van der Waals surface area contributed by atoms with Gasteiger partial charge in [0.15, 0.2) is 0 Å². The van der Waals surface area contributed by atoms with Crippen LogP contribution in [0.2, 0.25) is 0 Å². The molecule has 0 spiro atoms. The molecule has 1 aliphatic rings. The average molecular weight is 364 g/mol. The summed E-state index contributed by atoms with van der Waals surface area (Å²) in [7, 11) is -3.50. The topological polar surface area (TPSA) is 109 Å². The van der Waals surface area contributed by atoms with Crippen molar-refractivity contribution in [2.45, 2.75) is 32.1 Å². The van der Waals surface area contributed by atoms with Gasteiger partial charge in [-0.05, 0) is 37.3 Å². The number of carbonyl (C=O) groups is 1. The number of aromatic nitrogens is 2. The van der Waals surface area contributed by atoms with Gasteiger partial charge in [-0.1, -0.05) is 12.1 Å². The normalized spacial score (nSPS) is 18.6. The van der Waals surface area contributed by atoms with Crippen LogP contribution in [0.25, 0.3) is 11.0 Å². The Morgan fingerprint density at radius 3 is 2.92 bits per heavy atom. The number of carbonyl (C=O) groups excluding carboxylic acids is 1. The van der Waals surface area contributed by atoms with Crippen LogP contribution in [0.3, 0.4) is 0 Å². The second kappa shape index (κ2) is 7.53. The summed E-state index contributed by atoms with van der Waals surface area (Å²) in [6.07, 6.45) is 3.36. The molecule has 7 nitrogen and oxygen atoms in total. The highest BCUT2D eigenvalue weighted by Crippen LogP contribution is 2.22. The van der Waals surface area contributed by atoms with Crippen LogP contribution in [0, 0.1) is 5.92 Å². The smallest absolute Gasteiger partial charge is 0.222 e. The third-order valence-electron chi connectivity index (χ3n) is 4.61. The number of nitrogens with two attached hydrogens (primary N) is 1. The van der Waals surface area contributed by atoms with Crippen molar-refractivity contribution >= 4 is 27.0 Å². The van der Waals surface area contributed by atoms with E-state index in [2.05, 4.69) is 9.97 Å². The van der Waals surface area contributed by atoms with Crippen LogP contribution in [0.15, 0.2) is 24.3 Å². The number of likely N-dealkylation sites (tertiary alicyclic amines) is 1. The van der Waals surface area contributed by atoms with Gasteiger partial charge in [-0.3, -0.25) is 4.79 Å². The molecule has 0 saturated carbocycles. The molecule has 3 N–H and O–H groups in total. The number of fused-ring (bicyclic) bond motifs is 1. The molecular weight excluding hydrogens is 340 g/mol. The molecule has 2 heterocycles. The van der Waals surface area contributed by atoms with Crippen LogP contribution in [-0.2, 0) is 21.2 Å². The van der Waals surface area contributed by atoms with E-state index < -0.39 is 10.0 Å². The highest BCUT2D eigenvalue weighted by Gasteiger charge is 2.24. The summed E-state index contributed by atoms with van der Waals surface area (Å²) in [6, 6.07) is 7.94. The molecule has 2 aromatic rings. The quantitative estimate of drug-likeness (QED) is 0.807. The van der Waals surface area contributed by atoms with E-state index in [0.717, 1.165) is 42.7 Å². The molecule has 8 heteroatoms. The van der Waals surface area contributed by atoms with Crippen molar-refractivity contribution in [2.24, 2.45) is 11.1 Å². The van der Waals surface area contributed by atoms with Gasteiger partial charge in [0.1, 0.15) is 5.82 Å². The van der Waals surface area contributed by atoms with Crippen molar-refractivity contribution in [2.75, 3.05) is 18.8 Å². The number of imidazole rings is 1. The van der Waals surface area contributed by atoms with Gasteiger partial charge in [-0.15, -0.1) is 0 Å². The predicted molar refractivity (Wildman–Crippen MR) is 96.3 cm³/mol. The molecule has 25 heavy (non-hydrogen) atoms. The van der Waals surface area contributed by atoms with Crippen LogP contribution in [-0.4, -0.2) is 48.0 Å². The number of hydrogen-bond acceptors (Lipinski definition) is 4. The fourth-order valence-corrected chi connectivity index (χ4v) is 3.96. The molecule has 0 radical (unpaired) electrons. The van der Waals surface area contributed by atoms with E-state index in [4.69, 9.17) is 5.14 Å². The number of amides is 1. The summed E-state index contributed by atoms with van der Waals surface area (Å²) < 4.78 is 21.9. The van der Waals surface area contributed by atoms with E-state index in [0.29, 0.717) is 12.5 Å². The van der Waals surface area contributed by atoms with Gasteiger partial charge < -0.3 is 9.88 Å². The molecule has 0 aliphatic carbocycles. The second-order valence-electron chi connectivity index (χ2n) is 6.72. The van der Waals surface area contributed by atoms with E-state index in [-0.39, 0.29) is 24.5 Å². The Labute approximate surface area is 147 Å². The van der Waals surface area contributed by atoms with Crippen molar-refractivity contribution in [3.63, 3.8) is 0 Å². The van der Waals surface area contributed by atoms with Crippen LogP contribution < -0.4 is 5.14 Å². The van der Waals surface area contributed by atoms with Crippen LogP contribution in [0.5, 0.6) is 0 Å². The standard InChI is InChI=1S/C17H24N4O3S/c18-25(23,24)10-4-8-17(22)21-9-3-5-13(12-21)11-16-19-14-6-1-2-7-15(14)20-16/h1-2,6-7,13H,3-5,8-12H2,(H,19,20)(H2,18,23,24)/t13-/m1/s1. The van der Waals surface area contributed by atoms with Crippen molar-refractivity contribution in [3.8, 4) is 0 Å². The lowest BCUT2D eigenvalue weighted by molar-refractivity contribution is -0.133. The Kier molecular flexibility index (Phi) is 5.39. The predicted octanol–water partition coefficient (Wildman–Crippen LogP) is 1.41. The number of rotatable bonds is 6. The summed E-state index contributed by atoms with van der Waals surface area (Å²) in [6.45, 7) is 1.44. The number of para-hydroxylation sites is 2.